The second-order valence-electron chi connectivity index (χ2n) is 6.13. The van der Waals surface area contributed by atoms with Gasteiger partial charge in [-0.05, 0) is 43.5 Å². The van der Waals surface area contributed by atoms with Crippen LogP contribution in [0.5, 0.6) is 11.5 Å². The van der Waals surface area contributed by atoms with Gasteiger partial charge < -0.3 is 14.8 Å². The van der Waals surface area contributed by atoms with Crippen molar-refractivity contribution in [3.63, 3.8) is 0 Å². The summed E-state index contributed by atoms with van der Waals surface area (Å²) in [6.07, 6.45) is 2.11. The van der Waals surface area contributed by atoms with Crippen molar-refractivity contribution in [2.45, 2.75) is 37.1 Å². The summed E-state index contributed by atoms with van der Waals surface area (Å²) in [5, 5.41) is 3.17. The Balaban J connectivity index is 1.44. The van der Waals surface area contributed by atoms with Gasteiger partial charge in [-0.3, -0.25) is 4.79 Å². The fourth-order valence-corrected chi connectivity index (χ4v) is 4.14. The van der Waals surface area contributed by atoms with Crippen molar-refractivity contribution in [2.24, 2.45) is 0 Å². The minimum absolute atomic E-state index is 0.0818. The van der Waals surface area contributed by atoms with E-state index in [1.165, 1.54) is 10.5 Å². The molecule has 1 N–H and O–H groups in total. The van der Waals surface area contributed by atoms with Crippen LogP contribution in [0, 0.1) is 0 Å². The van der Waals surface area contributed by atoms with Gasteiger partial charge in [0.15, 0.2) is 11.5 Å². The first kappa shape index (κ1) is 18.6. The smallest absolute Gasteiger partial charge is 0.220 e. The summed E-state index contributed by atoms with van der Waals surface area (Å²) in [6, 6.07) is 16.1. The Morgan fingerprint density at radius 1 is 1.12 bits per heavy atom. The molecule has 0 bridgehead atoms. The Bertz CT molecular complexity index is 735. The monoisotopic (exact) mass is 371 g/mol. The van der Waals surface area contributed by atoms with Crippen LogP contribution in [0.1, 0.15) is 37.8 Å². The van der Waals surface area contributed by atoms with Crippen molar-refractivity contribution in [2.75, 3.05) is 19.0 Å². The van der Waals surface area contributed by atoms with Crippen molar-refractivity contribution in [1.82, 2.24) is 5.32 Å². The molecule has 0 fully saturated rings. The number of carbonyl (C=O) groups is 1. The van der Waals surface area contributed by atoms with E-state index >= 15 is 0 Å². The number of benzene rings is 2. The molecule has 0 aromatic heterocycles. The summed E-state index contributed by atoms with van der Waals surface area (Å²) >= 11 is 1.86. The number of fused-ring (bicyclic) bond motifs is 1. The lowest BCUT2D eigenvalue weighted by atomic mass is 10.0. The number of para-hydroxylation sites is 2. The van der Waals surface area contributed by atoms with Crippen LogP contribution in [0.15, 0.2) is 53.4 Å². The molecule has 2 aromatic rings. The van der Waals surface area contributed by atoms with Crippen LogP contribution < -0.4 is 14.8 Å². The van der Waals surface area contributed by atoms with Gasteiger partial charge in [0.25, 0.3) is 0 Å². The quantitative estimate of drug-likeness (QED) is 0.689. The van der Waals surface area contributed by atoms with Gasteiger partial charge in [-0.1, -0.05) is 30.3 Å². The predicted octanol–water partition coefficient (Wildman–Crippen LogP) is 4.60. The third kappa shape index (κ3) is 4.94. The molecule has 0 spiro atoms. The van der Waals surface area contributed by atoms with Gasteiger partial charge in [-0.15, -0.1) is 11.8 Å². The molecule has 138 valence electrons. The first-order valence-corrected chi connectivity index (χ1v) is 10.1. The Hall–Kier alpha value is -2.14. The second kappa shape index (κ2) is 9.53. The van der Waals surface area contributed by atoms with Crippen LogP contribution in [0.3, 0.4) is 0 Å². The summed E-state index contributed by atoms with van der Waals surface area (Å²) < 4.78 is 11.3. The van der Waals surface area contributed by atoms with Crippen molar-refractivity contribution in [1.29, 1.82) is 0 Å². The number of nitrogens with one attached hydrogen (secondary N) is 1. The van der Waals surface area contributed by atoms with E-state index < -0.39 is 0 Å². The molecule has 0 saturated heterocycles. The first-order valence-electron chi connectivity index (χ1n) is 9.13. The molecule has 1 heterocycles. The summed E-state index contributed by atoms with van der Waals surface area (Å²) in [7, 11) is 0. The normalized spacial score (nSPS) is 15.8. The highest BCUT2D eigenvalue weighted by Crippen LogP contribution is 2.35. The molecule has 1 amide bonds. The van der Waals surface area contributed by atoms with E-state index in [-0.39, 0.29) is 11.9 Å². The topological polar surface area (TPSA) is 47.6 Å². The van der Waals surface area contributed by atoms with Gasteiger partial charge in [0.05, 0.1) is 19.3 Å². The predicted molar refractivity (Wildman–Crippen MR) is 105 cm³/mol. The van der Waals surface area contributed by atoms with Crippen molar-refractivity contribution in [3.05, 3.63) is 54.1 Å². The number of hydrogen-bond acceptors (Lipinski definition) is 4. The van der Waals surface area contributed by atoms with Crippen molar-refractivity contribution < 1.29 is 14.3 Å². The Labute approximate surface area is 159 Å². The molecule has 26 heavy (non-hydrogen) atoms. The number of ether oxygens (including phenoxy) is 2. The number of rotatable bonds is 8. The maximum absolute atomic E-state index is 12.3. The second-order valence-corrected chi connectivity index (χ2v) is 7.26. The van der Waals surface area contributed by atoms with Crippen molar-refractivity contribution in [3.8, 4) is 11.5 Å². The molecule has 1 aliphatic heterocycles. The SMILES string of the molecule is CCOc1ccccc1OCCCC(=O)N[C@H]1CCSc2ccccc21. The molecule has 4 nitrogen and oxygen atoms in total. The third-order valence-electron chi connectivity index (χ3n) is 4.25. The lowest BCUT2D eigenvalue weighted by molar-refractivity contribution is -0.122. The third-order valence-corrected chi connectivity index (χ3v) is 5.37. The number of thioether (sulfide) groups is 1. The summed E-state index contributed by atoms with van der Waals surface area (Å²) in [4.78, 5) is 13.6. The molecule has 0 unspecified atom stereocenters. The van der Waals surface area contributed by atoms with Crippen LogP contribution in [0.2, 0.25) is 0 Å². The molecule has 1 aliphatic rings. The van der Waals surface area contributed by atoms with E-state index in [4.69, 9.17) is 9.47 Å². The molecule has 0 aliphatic carbocycles. The molecule has 5 heteroatoms. The maximum atomic E-state index is 12.3. The largest absolute Gasteiger partial charge is 0.490 e. The molecule has 1 atom stereocenters. The van der Waals surface area contributed by atoms with Gasteiger partial charge in [0.1, 0.15) is 0 Å². The molecule has 2 aromatic carbocycles. The minimum Gasteiger partial charge on any atom is -0.490 e. The Kier molecular flexibility index (Phi) is 6.83. The van der Waals surface area contributed by atoms with Gasteiger partial charge in [0.2, 0.25) is 5.91 Å². The fraction of sp³-hybridized carbons (Fsp3) is 0.381. The van der Waals surface area contributed by atoms with Crippen LogP contribution >= 0.6 is 11.8 Å². The van der Waals surface area contributed by atoms with E-state index in [0.29, 0.717) is 26.1 Å². The lowest BCUT2D eigenvalue weighted by Gasteiger charge is -2.25. The zero-order valence-corrected chi connectivity index (χ0v) is 15.9. The average Bonchev–Trinajstić information content (AvgIpc) is 2.67. The Morgan fingerprint density at radius 3 is 2.65 bits per heavy atom. The van der Waals surface area contributed by atoms with Gasteiger partial charge >= 0.3 is 0 Å². The average molecular weight is 372 g/mol. The van der Waals surface area contributed by atoms with Crippen LogP contribution in [0.25, 0.3) is 0 Å². The zero-order chi connectivity index (χ0) is 18.2. The Morgan fingerprint density at radius 2 is 1.85 bits per heavy atom. The number of carbonyl (C=O) groups excluding carboxylic acids is 1. The van der Waals surface area contributed by atoms with Crippen LogP contribution in [-0.2, 0) is 4.79 Å². The van der Waals surface area contributed by atoms with Crippen LogP contribution in [-0.4, -0.2) is 24.9 Å². The molecular formula is C21H25NO3S. The zero-order valence-electron chi connectivity index (χ0n) is 15.1. The highest BCUT2D eigenvalue weighted by atomic mass is 32.2. The summed E-state index contributed by atoms with van der Waals surface area (Å²) in [5.74, 6) is 2.60. The highest BCUT2D eigenvalue weighted by molar-refractivity contribution is 7.99. The van der Waals surface area contributed by atoms with Crippen LogP contribution in [0.4, 0.5) is 0 Å². The molecule has 3 rings (SSSR count). The molecular weight excluding hydrogens is 346 g/mol. The van der Waals surface area contributed by atoms with E-state index in [0.717, 1.165) is 23.7 Å². The lowest BCUT2D eigenvalue weighted by Crippen LogP contribution is -2.30. The summed E-state index contributed by atoms with van der Waals surface area (Å²) in [5.41, 5.74) is 1.24. The van der Waals surface area contributed by atoms with Gasteiger partial charge in [-0.2, -0.15) is 0 Å². The van der Waals surface area contributed by atoms with E-state index in [1.54, 1.807) is 0 Å². The summed E-state index contributed by atoms with van der Waals surface area (Å²) in [6.45, 7) is 3.04. The number of hydrogen-bond donors (Lipinski definition) is 1. The van der Waals surface area contributed by atoms with E-state index in [9.17, 15) is 4.79 Å². The van der Waals surface area contributed by atoms with Crippen molar-refractivity contribution >= 4 is 17.7 Å². The first-order chi connectivity index (χ1) is 12.8. The molecule has 0 radical (unpaired) electrons. The minimum atomic E-state index is 0.0818. The highest BCUT2D eigenvalue weighted by Gasteiger charge is 2.21. The standard InChI is InChI=1S/C21H25NO3S/c1-2-24-18-9-4-5-10-19(18)25-14-7-12-21(23)22-17-13-15-26-20-11-6-3-8-16(17)20/h3-6,8-11,17H,2,7,12-15H2,1H3,(H,22,23)/t17-/m0/s1. The van der Waals surface area contributed by atoms with E-state index in [1.807, 2.05) is 55.1 Å². The maximum Gasteiger partial charge on any atom is 0.220 e. The molecule has 0 saturated carbocycles. The van der Waals surface area contributed by atoms with E-state index in [2.05, 4.69) is 17.4 Å². The van der Waals surface area contributed by atoms with Gasteiger partial charge in [0, 0.05) is 17.1 Å². The number of amides is 1. The van der Waals surface area contributed by atoms with Gasteiger partial charge in [-0.25, -0.2) is 0 Å². The fourth-order valence-electron chi connectivity index (χ4n) is 3.02.